The molecular weight excluding hydrogens is 363 g/mol. The number of fused-ring (bicyclic) bond motifs is 1. The fraction of sp³-hybridized carbons (Fsp3) is 0.238. The van der Waals surface area contributed by atoms with E-state index in [2.05, 4.69) is 4.98 Å². The molecule has 1 fully saturated rings. The number of ether oxygens (including phenoxy) is 2. The third-order valence-corrected chi connectivity index (χ3v) is 4.93. The van der Waals surface area contributed by atoms with E-state index in [0.29, 0.717) is 5.56 Å². The van der Waals surface area contributed by atoms with Crippen LogP contribution in [0, 0.1) is 5.82 Å². The van der Waals surface area contributed by atoms with Crippen molar-refractivity contribution in [3.63, 3.8) is 0 Å². The number of benzene rings is 2. The van der Waals surface area contributed by atoms with Gasteiger partial charge >= 0.3 is 5.97 Å². The topological polar surface area (TPSA) is 71.6 Å². The summed E-state index contributed by atoms with van der Waals surface area (Å²) in [6.45, 7) is 0.165. The van der Waals surface area contributed by atoms with Gasteiger partial charge in [0.25, 0.3) is 5.91 Å². The van der Waals surface area contributed by atoms with Gasteiger partial charge in [0.1, 0.15) is 12.1 Å². The van der Waals surface area contributed by atoms with Gasteiger partial charge in [-0.2, -0.15) is 0 Å². The Hall–Kier alpha value is -3.35. The smallest absolute Gasteiger partial charge is 0.328 e. The maximum Gasteiger partial charge on any atom is 0.328 e. The second kappa shape index (κ2) is 7.34. The van der Waals surface area contributed by atoms with E-state index in [9.17, 15) is 14.0 Å². The maximum absolute atomic E-state index is 13.9. The molecule has 2 atom stereocenters. The number of carbonyl (C=O) groups is 2. The Bertz CT molecular complexity index is 1030. The first-order valence-electron chi connectivity index (χ1n) is 8.94. The fourth-order valence-electron chi connectivity index (χ4n) is 3.54. The number of aromatic nitrogens is 1. The van der Waals surface area contributed by atoms with Crippen LogP contribution in [0.5, 0.6) is 5.75 Å². The lowest BCUT2D eigenvalue weighted by Crippen LogP contribution is -2.41. The molecule has 1 aliphatic rings. The van der Waals surface area contributed by atoms with Gasteiger partial charge in [0.2, 0.25) is 0 Å². The average molecular weight is 382 g/mol. The minimum absolute atomic E-state index is 0.0964. The Kier molecular flexibility index (Phi) is 4.73. The molecule has 0 bridgehead atoms. The zero-order chi connectivity index (χ0) is 19.7. The van der Waals surface area contributed by atoms with Gasteiger partial charge in [-0.15, -0.1) is 0 Å². The number of likely N-dealkylation sites (tertiary alicyclic amines) is 1. The number of nitrogens with zero attached hydrogens (tertiary/aromatic N) is 1. The van der Waals surface area contributed by atoms with Crippen LogP contribution in [0.2, 0.25) is 0 Å². The zero-order valence-electron chi connectivity index (χ0n) is 15.2. The van der Waals surface area contributed by atoms with E-state index in [1.807, 2.05) is 12.1 Å². The monoisotopic (exact) mass is 382 g/mol. The molecule has 1 aliphatic heterocycles. The summed E-state index contributed by atoms with van der Waals surface area (Å²) in [5.74, 6) is -1.20. The number of esters is 1. The number of methoxy groups -OCH3 is 1. The molecule has 6 nitrogen and oxygen atoms in total. The van der Waals surface area contributed by atoms with Crippen LogP contribution in [-0.4, -0.2) is 47.6 Å². The summed E-state index contributed by atoms with van der Waals surface area (Å²) >= 11 is 0. The lowest BCUT2D eigenvalue weighted by atomic mass is 10.1. The molecular formula is C21H19FN2O4. The summed E-state index contributed by atoms with van der Waals surface area (Å²) in [4.78, 5) is 29.8. The summed E-state index contributed by atoms with van der Waals surface area (Å²) in [6, 6.07) is 12.5. The Balaban J connectivity index is 1.58. The number of rotatable bonds is 4. The van der Waals surface area contributed by atoms with Crippen molar-refractivity contribution in [2.75, 3.05) is 13.7 Å². The van der Waals surface area contributed by atoms with Crippen molar-refractivity contribution in [2.24, 2.45) is 0 Å². The number of hydrogen-bond acceptors (Lipinski definition) is 4. The van der Waals surface area contributed by atoms with Crippen molar-refractivity contribution in [1.29, 1.82) is 0 Å². The van der Waals surface area contributed by atoms with Gasteiger partial charge < -0.3 is 19.4 Å². The van der Waals surface area contributed by atoms with E-state index in [0.717, 1.165) is 10.9 Å². The SMILES string of the molecule is COC(=O)C1CC(Oc2ccccc2F)CN1C(=O)c1ccc2[nH]ccc2c1. The van der Waals surface area contributed by atoms with Crippen LogP contribution in [-0.2, 0) is 9.53 Å². The van der Waals surface area contributed by atoms with Gasteiger partial charge in [-0.3, -0.25) is 4.79 Å². The van der Waals surface area contributed by atoms with Crippen LogP contribution < -0.4 is 4.74 Å². The van der Waals surface area contributed by atoms with Crippen LogP contribution in [0.25, 0.3) is 10.9 Å². The summed E-state index contributed by atoms with van der Waals surface area (Å²) in [6.07, 6.45) is 1.52. The molecule has 7 heteroatoms. The Labute approximate surface area is 160 Å². The first kappa shape index (κ1) is 18.0. The Morgan fingerprint density at radius 2 is 2.00 bits per heavy atom. The maximum atomic E-state index is 13.9. The fourth-order valence-corrected chi connectivity index (χ4v) is 3.54. The van der Waals surface area contributed by atoms with Crippen molar-refractivity contribution >= 4 is 22.8 Å². The molecule has 1 aromatic heterocycles. The standard InChI is InChI=1S/C21H19FN2O4/c1-27-21(26)18-11-15(28-19-5-3-2-4-16(19)22)12-24(18)20(25)14-6-7-17-13(10-14)8-9-23-17/h2-10,15,18,23H,11-12H2,1H3. The van der Waals surface area contributed by atoms with E-state index in [-0.39, 0.29) is 24.6 Å². The predicted molar refractivity (Wildman–Crippen MR) is 101 cm³/mol. The molecule has 2 heterocycles. The molecule has 0 radical (unpaired) electrons. The van der Waals surface area contributed by atoms with Crippen LogP contribution in [0.4, 0.5) is 4.39 Å². The molecule has 2 unspecified atom stereocenters. The normalized spacial score (nSPS) is 19.0. The molecule has 4 rings (SSSR count). The van der Waals surface area contributed by atoms with Gasteiger partial charge in [-0.1, -0.05) is 12.1 Å². The van der Waals surface area contributed by atoms with E-state index in [1.165, 1.54) is 24.1 Å². The van der Waals surface area contributed by atoms with Crippen molar-refractivity contribution < 1.29 is 23.5 Å². The van der Waals surface area contributed by atoms with E-state index in [1.54, 1.807) is 30.5 Å². The molecule has 0 saturated carbocycles. The molecule has 1 N–H and O–H groups in total. The summed E-state index contributed by atoms with van der Waals surface area (Å²) in [7, 11) is 1.28. The highest BCUT2D eigenvalue weighted by atomic mass is 19.1. The lowest BCUT2D eigenvalue weighted by molar-refractivity contribution is -0.145. The molecule has 0 aliphatic carbocycles. The van der Waals surface area contributed by atoms with Gasteiger partial charge in [0.15, 0.2) is 11.6 Å². The highest BCUT2D eigenvalue weighted by Crippen LogP contribution is 2.27. The molecule has 1 saturated heterocycles. The van der Waals surface area contributed by atoms with Crippen LogP contribution in [0.1, 0.15) is 16.8 Å². The second-order valence-corrected chi connectivity index (χ2v) is 6.68. The predicted octanol–water partition coefficient (Wildman–Crippen LogP) is 3.14. The zero-order valence-corrected chi connectivity index (χ0v) is 15.2. The number of hydrogen-bond donors (Lipinski definition) is 1. The third kappa shape index (κ3) is 3.31. The van der Waals surface area contributed by atoms with Gasteiger partial charge in [0, 0.05) is 29.1 Å². The molecule has 28 heavy (non-hydrogen) atoms. The quantitative estimate of drug-likeness (QED) is 0.704. The highest BCUT2D eigenvalue weighted by Gasteiger charge is 2.42. The number of para-hydroxylation sites is 1. The summed E-state index contributed by atoms with van der Waals surface area (Å²) < 4.78 is 24.5. The Morgan fingerprint density at radius 3 is 2.79 bits per heavy atom. The van der Waals surface area contributed by atoms with Crippen molar-refractivity contribution in [2.45, 2.75) is 18.6 Å². The minimum atomic E-state index is -0.781. The van der Waals surface area contributed by atoms with Crippen molar-refractivity contribution in [1.82, 2.24) is 9.88 Å². The first-order valence-corrected chi connectivity index (χ1v) is 8.94. The number of H-pyrrole nitrogens is 1. The van der Waals surface area contributed by atoms with Crippen molar-refractivity contribution in [3.8, 4) is 5.75 Å². The van der Waals surface area contributed by atoms with E-state index >= 15 is 0 Å². The Morgan fingerprint density at radius 1 is 1.18 bits per heavy atom. The summed E-state index contributed by atoms with van der Waals surface area (Å²) in [5, 5.41) is 0.902. The number of amides is 1. The number of nitrogens with one attached hydrogen (secondary N) is 1. The van der Waals surface area contributed by atoms with Crippen molar-refractivity contribution in [3.05, 3.63) is 66.1 Å². The average Bonchev–Trinajstić information content (AvgIpc) is 3.35. The molecule has 2 aromatic carbocycles. The third-order valence-electron chi connectivity index (χ3n) is 4.93. The molecule has 144 valence electrons. The van der Waals surface area contributed by atoms with Gasteiger partial charge in [-0.05, 0) is 36.4 Å². The van der Waals surface area contributed by atoms with Crippen LogP contribution >= 0.6 is 0 Å². The van der Waals surface area contributed by atoms with E-state index < -0.39 is 23.9 Å². The van der Waals surface area contributed by atoms with Crippen LogP contribution in [0.15, 0.2) is 54.7 Å². The second-order valence-electron chi connectivity index (χ2n) is 6.68. The molecule has 3 aromatic rings. The van der Waals surface area contributed by atoms with Crippen LogP contribution in [0.3, 0.4) is 0 Å². The lowest BCUT2D eigenvalue weighted by Gasteiger charge is -2.22. The van der Waals surface area contributed by atoms with E-state index in [4.69, 9.17) is 9.47 Å². The van der Waals surface area contributed by atoms with Gasteiger partial charge in [0.05, 0.1) is 13.7 Å². The summed E-state index contributed by atoms with van der Waals surface area (Å²) in [5.41, 5.74) is 1.38. The number of carbonyl (C=O) groups excluding carboxylic acids is 2. The number of halogens is 1. The largest absolute Gasteiger partial charge is 0.485 e. The minimum Gasteiger partial charge on any atom is -0.485 e. The number of aromatic amines is 1. The molecule has 0 spiro atoms. The molecule has 1 amide bonds. The highest BCUT2D eigenvalue weighted by molar-refractivity contribution is 6.00. The first-order chi connectivity index (χ1) is 13.6. The van der Waals surface area contributed by atoms with Gasteiger partial charge in [-0.25, -0.2) is 9.18 Å².